The van der Waals surface area contributed by atoms with Gasteiger partial charge in [0.15, 0.2) is 11.0 Å². The van der Waals surface area contributed by atoms with Gasteiger partial charge in [-0.3, -0.25) is 4.79 Å². The van der Waals surface area contributed by atoms with Crippen molar-refractivity contribution in [2.24, 2.45) is 5.92 Å². The number of nitrogens with one attached hydrogen (secondary N) is 1. The highest BCUT2D eigenvalue weighted by Crippen LogP contribution is 2.56. The Morgan fingerprint density at radius 2 is 2.04 bits per heavy atom. The topological polar surface area (TPSA) is 51.5 Å². The van der Waals surface area contributed by atoms with Crippen molar-refractivity contribution in [3.05, 3.63) is 62.2 Å². The molecule has 3 saturated carbocycles. The van der Waals surface area contributed by atoms with Crippen molar-refractivity contribution < 1.29 is 9.15 Å². The quantitative estimate of drug-likeness (QED) is 0.501. The lowest BCUT2D eigenvalue weighted by molar-refractivity contribution is -0.0518. The summed E-state index contributed by atoms with van der Waals surface area (Å²) in [7, 11) is 0. The van der Waals surface area contributed by atoms with Crippen molar-refractivity contribution >= 4 is 38.5 Å². The van der Waals surface area contributed by atoms with Crippen molar-refractivity contribution in [2.45, 2.75) is 24.8 Å². The second-order valence-corrected chi connectivity index (χ2v) is 9.09. The molecule has 0 atom stereocenters. The summed E-state index contributed by atoms with van der Waals surface area (Å²) in [6, 6.07) is 12.4. The van der Waals surface area contributed by atoms with Crippen LogP contribution in [0.25, 0.3) is 22.3 Å². The second-order valence-electron chi connectivity index (χ2n) is 7.77. The van der Waals surface area contributed by atoms with Crippen LogP contribution in [0.1, 0.15) is 19.3 Å². The van der Waals surface area contributed by atoms with Crippen LogP contribution < -0.4 is 15.5 Å². The van der Waals surface area contributed by atoms with Gasteiger partial charge in [0.1, 0.15) is 18.1 Å². The van der Waals surface area contributed by atoms with Crippen molar-refractivity contribution in [1.82, 2.24) is 5.32 Å². The minimum atomic E-state index is -0.127. The third-order valence-corrected chi connectivity index (χ3v) is 6.60. The van der Waals surface area contributed by atoms with E-state index in [1.807, 2.05) is 18.2 Å². The van der Waals surface area contributed by atoms with Crippen LogP contribution in [0, 0.1) is 5.92 Å². The molecule has 28 heavy (non-hydrogen) atoms. The van der Waals surface area contributed by atoms with E-state index in [1.54, 1.807) is 18.2 Å². The van der Waals surface area contributed by atoms with Crippen molar-refractivity contribution in [2.75, 3.05) is 13.2 Å². The van der Waals surface area contributed by atoms with Crippen molar-refractivity contribution in [3.8, 4) is 17.1 Å². The van der Waals surface area contributed by atoms with Gasteiger partial charge in [-0.15, -0.1) is 0 Å². The molecule has 0 unspecified atom stereocenters. The maximum atomic E-state index is 12.5. The fraction of sp³-hybridized carbons (Fsp3) is 0.318. The minimum absolute atomic E-state index is 0.127. The Hall–Kier alpha value is -1.82. The SMILES string of the molecule is O=c1cc(-c2ccc(Br)cc2OCCNC23CC(C2)C3)oc2c(Cl)cccc12. The molecule has 3 fully saturated rings. The van der Waals surface area contributed by atoms with E-state index < -0.39 is 0 Å². The van der Waals surface area contributed by atoms with Gasteiger partial charge in [0, 0.05) is 22.6 Å². The second kappa shape index (κ2) is 6.90. The summed E-state index contributed by atoms with van der Waals surface area (Å²) in [4.78, 5) is 12.5. The maximum Gasteiger partial charge on any atom is 0.193 e. The Morgan fingerprint density at radius 1 is 1.21 bits per heavy atom. The Bertz CT molecular complexity index is 1110. The molecule has 0 radical (unpaired) electrons. The summed E-state index contributed by atoms with van der Waals surface area (Å²) in [6.07, 6.45) is 3.91. The molecule has 1 heterocycles. The molecule has 6 rings (SSSR count). The Balaban J connectivity index is 1.42. The smallest absolute Gasteiger partial charge is 0.193 e. The summed E-state index contributed by atoms with van der Waals surface area (Å²) in [5.74, 6) is 2.07. The molecule has 3 aliphatic carbocycles. The lowest BCUT2D eigenvalue weighted by Crippen LogP contribution is -2.67. The fourth-order valence-corrected chi connectivity index (χ4v) is 4.82. The predicted molar refractivity (Wildman–Crippen MR) is 114 cm³/mol. The third kappa shape index (κ3) is 3.15. The van der Waals surface area contributed by atoms with E-state index in [-0.39, 0.29) is 5.43 Å². The Morgan fingerprint density at radius 3 is 2.79 bits per heavy atom. The molecular formula is C22H19BrClNO3. The zero-order valence-corrected chi connectivity index (χ0v) is 17.5. The normalized spacial score (nSPS) is 22.6. The van der Waals surface area contributed by atoms with E-state index in [4.69, 9.17) is 20.8 Å². The summed E-state index contributed by atoms with van der Waals surface area (Å²) in [5, 5.41) is 4.51. The van der Waals surface area contributed by atoms with E-state index in [1.165, 1.54) is 25.3 Å². The lowest BCUT2D eigenvalue weighted by atomic mass is 9.50. The highest BCUT2D eigenvalue weighted by Gasteiger charge is 2.55. The number of benzene rings is 2. The number of halogens is 2. The molecule has 0 amide bonds. The van der Waals surface area contributed by atoms with Crippen LogP contribution in [0.15, 0.2) is 56.1 Å². The summed E-state index contributed by atoms with van der Waals surface area (Å²) < 4.78 is 12.9. The monoisotopic (exact) mass is 459 g/mol. The van der Waals surface area contributed by atoms with Crippen LogP contribution >= 0.6 is 27.5 Å². The lowest BCUT2D eigenvalue weighted by Gasteiger charge is -2.62. The predicted octanol–water partition coefficient (Wildman–Crippen LogP) is 5.40. The molecule has 0 saturated heterocycles. The first kappa shape index (κ1) is 18.2. The fourth-order valence-electron chi connectivity index (χ4n) is 4.27. The Labute approximate surface area is 176 Å². The van der Waals surface area contributed by atoms with Gasteiger partial charge < -0.3 is 14.5 Å². The molecule has 144 valence electrons. The van der Waals surface area contributed by atoms with Crippen LogP contribution in [-0.2, 0) is 0 Å². The Kier molecular flexibility index (Phi) is 4.49. The van der Waals surface area contributed by atoms with E-state index in [0.29, 0.717) is 39.6 Å². The molecule has 1 N–H and O–H groups in total. The average Bonchev–Trinajstić information content (AvgIpc) is 2.60. The molecule has 0 aliphatic heterocycles. The number of hydrogen-bond donors (Lipinski definition) is 1. The van der Waals surface area contributed by atoms with Gasteiger partial charge in [0.05, 0.1) is 16.0 Å². The van der Waals surface area contributed by atoms with Gasteiger partial charge in [0.2, 0.25) is 0 Å². The zero-order valence-electron chi connectivity index (χ0n) is 15.1. The first-order chi connectivity index (χ1) is 13.5. The standard InChI is InChI=1S/C22H19BrClNO3/c23-14-4-5-16(19(8-14)27-7-6-25-22-10-13(11-22)12-22)20-9-18(26)15-2-1-3-17(24)21(15)28-20/h1-5,8-9,13,25H,6-7,10-12H2. The summed E-state index contributed by atoms with van der Waals surface area (Å²) >= 11 is 9.74. The van der Waals surface area contributed by atoms with E-state index in [9.17, 15) is 4.79 Å². The minimum Gasteiger partial charge on any atom is -0.491 e. The van der Waals surface area contributed by atoms with E-state index >= 15 is 0 Å². The molecule has 2 bridgehead atoms. The number of para-hydroxylation sites is 1. The highest BCUT2D eigenvalue weighted by atomic mass is 79.9. The molecular weight excluding hydrogens is 442 g/mol. The van der Waals surface area contributed by atoms with Crippen LogP contribution in [0.5, 0.6) is 5.75 Å². The maximum absolute atomic E-state index is 12.5. The molecule has 3 aliphatic rings. The first-order valence-corrected chi connectivity index (χ1v) is 10.6. The molecule has 4 nitrogen and oxygen atoms in total. The van der Waals surface area contributed by atoms with Crippen LogP contribution in [0.2, 0.25) is 5.02 Å². The number of hydrogen-bond acceptors (Lipinski definition) is 4. The summed E-state index contributed by atoms with van der Waals surface area (Å²) in [6.45, 7) is 1.35. The molecule has 0 spiro atoms. The van der Waals surface area contributed by atoms with E-state index in [2.05, 4.69) is 21.2 Å². The number of rotatable bonds is 6. The number of ether oxygens (including phenoxy) is 1. The van der Waals surface area contributed by atoms with Gasteiger partial charge in [-0.2, -0.15) is 0 Å². The van der Waals surface area contributed by atoms with E-state index in [0.717, 1.165) is 22.5 Å². The van der Waals surface area contributed by atoms with Crippen LogP contribution in [-0.4, -0.2) is 18.7 Å². The van der Waals surface area contributed by atoms with Gasteiger partial charge in [0.25, 0.3) is 0 Å². The highest BCUT2D eigenvalue weighted by molar-refractivity contribution is 9.10. The van der Waals surface area contributed by atoms with Crippen LogP contribution in [0.4, 0.5) is 0 Å². The summed E-state index contributed by atoms with van der Waals surface area (Å²) in [5.41, 5.74) is 1.38. The van der Waals surface area contributed by atoms with Gasteiger partial charge in [-0.1, -0.05) is 33.6 Å². The van der Waals surface area contributed by atoms with Crippen LogP contribution in [0.3, 0.4) is 0 Å². The average molecular weight is 461 g/mol. The molecule has 2 aromatic carbocycles. The third-order valence-electron chi connectivity index (χ3n) is 5.81. The van der Waals surface area contributed by atoms with Gasteiger partial charge in [-0.25, -0.2) is 0 Å². The largest absolute Gasteiger partial charge is 0.491 e. The van der Waals surface area contributed by atoms with Crippen molar-refractivity contribution in [3.63, 3.8) is 0 Å². The van der Waals surface area contributed by atoms with Crippen molar-refractivity contribution in [1.29, 1.82) is 0 Å². The van der Waals surface area contributed by atoms with Gasteiger partial charge in [-0.05, 0) is 55.5 Å². The first-order valence-electron chi connectivity index (χ1n) is 9.43. The molecule has 6 heteroatoms. The van der Waals surface area contributed by atoms with Gasteiger partial charge >= 0.3 is 0 Å². The molecule has 1 aromatic heterocycles. The zero-order chi connectivity index (χ0) is 19.3. The number of fused-ring (bicyclic) bond motifs is 1. The molecule has 3 aromatic rings.